The first-order valence-corrected chi connectivity index (χ1v) is 12.5. The first-order chi connectivity index (χ1) is 18.3. The van der Waals surface area contributed by atoms with Crippen LogP contribution in [0.2, 0.25) is 0 Å². The second kappa shape index (κ2) is 10.6. The Morgan fingerprint density at radius 1 is 1.00 bits per heavy atom. The number of piperazine rings is 1. The topological polar surface area (TPSA) is 114 Å². The fourth-order valence-corrected chi connectivity index (χ4v) is 4.65. The number of nitro groups is 1. The van der Waals surface area contributed by atoms with Crippen molar-refractivity contribution in [1.29, 1.82) is 0 Å². The average molecular weight is 519 g/mol. The number of ether oxygens (including phenoxy) is 2. The molecule has 2 aliphatic rings. The van der Waals surface area contributed by atoms with Gasteiger partial charge in [0, 0.05) is 56.3 Å². The molecule has 1 fully saturated rings. The Labute approximate surface area is 220 Å². The fraction of sp³-hybridized carbons (Fsp3) is 0.370. The molecule has 0 bridgehead atoms. The van der Waals surface area contributed by atoms with Crippen LogP contribution in [0.25, 0.3) is 0 Å². The smallest absolute Gasteiger partial charge is 0.273 e. The number of carbonyl (C=O) groups excluding carboxylic acids is 1. The number of rotatable bonds is 6. The van der Waals surface area contributed by atoms with E-state index in [9.17, 15) is 14.9 Å². The molecule has 3 aromatic rings. The normalized spacial score (nSPS) is 15.7. The summed E-state index contributed by atoms with van der Waals surface area (Å²) >= 11 is 0. The second-order valence-electron chi connectivity index (χ2n) is 9.56. The summed E-state index contributed by atoms with van der Waals surface area (Å²) in [6.45, 7) is 5.79. The molecule has 3 heterocycles. The van der Waals surface area contributed by atoms with Crippen LogP contribution >= 0.6 is 0 Å². The summed E-state index contributed by atoms with van der Waals surface area (Å²) in [6.07, 6.45) is 0.525. The number of methoxy groups -OCH3 is 1. The zero-order valence-corrected chi connectivity index (χ0v) is 21.7. The number of amides is 1. The van der Waals surface area contributed by atoms with Gasteiger partial charge in [0.05, 0.1) is 29.8 Å². The van der Waals surface area contributed by atoms with Crippen molar-refractivity contribution in [2.45, 2.75) is 19.9 Å². The Hall–Kier alpha value is -4.25. The third kappa shape index (κ3) is 5.23. The number of carbonyl (C=O) groups is 1. The molecule has 11 nitrogen and oxygen atoms in total. The van der Waals surface area contributed by atoms with Crippen LogP contribution in [0, 0.1) is 17.0 Å². The molecule has 0 radical (unpaired) electrons. The minimum absolute atomic E-state index is 0.0723. The fourth-order valence-electron chi connectivity index (χ4n) is 4.65. The van der Waals surface area contributed by atoms with E-state index in [4.69, 9.17) is 19.4 Å². The molecule has 5 rings (SSSR count). The highest BCUT2D eigenvalue weighted by molar-refractivity contribution is 5.95. The van der Waals surface area contributed by atoms with Crippen LogP contribution in [-0.4, -0.2) is 77.5 Å². The van der Waals surface area contributed by atoms with Gasteiger partial charge in [-0.3, -0.25) is 14.9 Å². The van der Waals surface area contributed by atoms with Gasteiger partial charge in [-0.2, -0.15) is 4.98 Å². The van der Waals surface area contributed by atoms with Gasteiger partial charge < -0.3 is 24.2 Å². The zero-order chi connectivity index (χ0) is 26.8. The lowest BCUT2D eigenvalue weighted by atomic mass is 10.0. The van der Waals surface area contributed by atoms with E-state index in [1.807, 2.05) is 12.1 Å². The zero-order valence-electron chi connectivity index (χ0n) is 21.7. The molecule has 38 heavy (non-hydrogen) atoms. The van der Waals surface area contributed by atoms with Gasteiger partial charge in [-0.05, 0) is 44.3 Å². The number of anilines is 1. The lowest BCUT2D eigenvalue weighted by molar-refractivity contribution is -0.385. The molecule has 2 aromatic carbocycles. The van der Waals surface area contributed by atoms with Gasteiger partial charge in [0.25, 0.3) is 11.6 Å². The van der Waals surface area contributed by atoms with Gasteiger partial charge >= 0.3 is 0 Å². The number of fused-ring (bicyclic) bond motifs is 1. The summed E-state index contributed by atoms with van der Waals surface area (Å²) in [6, 6.07) is 11.8. The first-order valence-electron chi connectivity index (χ1n) is 12.5. The molecule has 0 aliphatic carbocycles. The molecule has 11 heteroatoms. The van der Waals surface area contributed by atoms with Crippen molar-refractivity contribution >= 4 is 17.5 Å². The third-order valence-corrected chi connectivity index (χ3v) is 7.01. The van der Waals surface area contributed by atoms with E-state index in [-0.39, 0.29) is 23.7 Å². The van der Waals surface area contributed by atoms with E-state index in [0.29, 0.717) is 41.9 Å². The molecular weight excluding hydrogens is 488 g/mol. The molecule has 1 amide bonds. The van der Waals surface area contributed by atoms with E-state index < -0.39 is 4.92 Å². The van der Waals surface area contributed by atoms with E-state index in [0.717, 1.165) is 37.4 Å². The van der Waals surface area contributed by atoms with Crippen LogP contribution in [-0.2, 0) is 13.0 Å². The van der Waals surface area contributed by atoms with Gasteiger partial charge in [-0.25, -0.2) is 4.98 Å². The molecule has 0 atom stereocenters. The summed E-state index contributed by atoms with van der Waals surface area (Å²) in [5.74, 6) is 2.05. The SMILES string of the molecule is COc1ccc(Oc2nc(N3CCN(C)CC3)nc3c2CN(C(=O)c2ccc(C)c([N+](=O)[O-])c2)CC3)cc1. The number of aromatic nitrogens is 2. The first kappa shape index (κ1) is 25.4. The average Bonchev–Trinajstić information content (AvgIpc) is 2.93. The van der Waals surface area contributed by atoms with Crippen LogP contribution < -0.4 is 14.4 Å². The molecule has 0 unspecified atom stereocenters. The van der Waals surface area contributed by atoms with Crippen molar-refractivity contribution in [1.82, 2.24) is 19.8 Å². The van der Waals surface area contributed by atoms with Crippen molar-refractivity contribution < 1.29 is 19.2 Å². The van der Waals surface area contributed by atoms with Crippen LogP contribution in [0.5, 0.6) is 17.4 Å². The maximum Gasteiger partial charge on any atom is 0.273 e. The number of nitrogens with zero attached hydrogens (tertiary/aromatic N) is 6. The Morgan fingerprint density at radius 3 is 2.39 bits per heavy atom. The van der Waals surface area contributed by atoms with Crippen molar-refractivity contribution in [3.63, 3.8) is 0 Å². The van der Waals surface area contributed by atoms with Crippen molar-refractivity contribution in [3.05, 3.63) is 75.0 Å². The number of aryl methyl sites for hydroxylation is 1. The quantitative estimate of drug-likeness (QED) is 0.357. The number of hydrogen-bond donors (Lipinski definition) is 0. The molecule has 0 saturated carbocycles. The summed E-state index contributed by atoms with van der Waals surface area (Å²) < 4.78 is 11.5. The van der Waals surface area contributed by atoms with Gasteiger partial charge in [0.15, 0.2) is 0 Å². The maximum absolute atomic E-state index is 13.4. The van der Waals surface area contributed by atoms with E-state index in [1.54, 1.807) is 43.2 Å². The lowest BCUT2D eigenvalue weighted by Crippen LogP contribution is -2.45. The molecule has 1 saturated heterocycles. The number of nitro benzene ring substituents is 1. The van der Waals surface area contributed by atoms with E-state index in [1.165, 1.54) is 6.07 Å². The largest absolute Gasteiger partial charge is 0.497 e. The Kier molecular flexibility index (Phi) is 7.10. The standard InChI is InChI=1S/C27H30N6O5/c1-18-4-5-19(16-24(18)33(35)36)26(34)32-11-10-23-22(17-32)25(38-21-8-6-20(37-3)7-9-21)29-27(28-23)31-14-12-30(2)13-15-31/h4-9,16H,10-15,17H2,1-3H3. The van der Waals surface area contributed by atoms with Gasteiger partial charge in [-0.15, -0.1) is 0 Å². The minimum Gasteiger partial charge on any atom is -0.497 e. The molecular formula is C27H30N6O5. The Balaban J connectivity index is 1.46. The van der Waals surface area contributed by atoms with Gasteiger partial charge in [-0.1, -0.05) is 6.07 Å². The highest BCUT2D eigenvalue weighted by Gasteiger charge is 2.29. The lowest BCUT2D eigenvalue weighted by Gasteiger charge is -2.34. The number of hydrogen-bond acceptors (Lipinski definition) is 9. The summed E-state index contributed by atoms with van der Waals surface area (Å²) in [4.78, 5) is 40.1. The monoisotopic (exact) mass is 518 g/mol. The summed E-state index contributed by atoms with van der Waals surface area (Å²) in [7, 11) is 3.70. The predicted octanol–water partition coefficient (Wildman–Crippen LogP) is 3.44. The second-order valence-corrected chi connectivity index (χ2v) is 9.56. The maximum atomic E-state index is 13.4. The molecule has 1 aromatic heterocycles. The molecule has 0 N–H and O–H groups in total. The highest BCUT2D eigenvalue weighted by Crippen LogP contribution is 2.33. The minimum atomic E-state index is -0.466. The summed E-state index contributed by atoms with van der Waals surface area (Å²) in [5, 5.41) is 11.4. The number of benzene rings is 2. The van der Waals surface area contributed by atoms with Gasteiger partial charge in [0.1, 0.15) is 11.5 Å². The molecule has 198 valence electrons. The predicted molar refractivity (Wildman–Crippen MR) is 141 cm³/mol. The Bertz CT molecular complexity index is 1350. The van der Waals surface area contributed by atoms with E-state index >= 15 is 0 Å². The third-order valence-electron chi connectivity index (χ3n) is 7.01. The molecule has 2 aliphatic heterocycles. The Morgan fingerprint density at radius 2 is 1.71 bits per heavy atom. The highest BCUT2D eigenvalue weighted by atomic mass is 16.6. The molecule has 0 spiro atoms. The van der Waals surface area contributed by atoms with Crippen LogP contribution in [0.1, 0.15) is 27.2 Å². The number of likely N-dealkylation sites (N-methyl/N-ethyl adjacent to an activating group) is 1. The van der Waals surface area contributed by atoms with Gasteiger partial charge in [0.2, 0.25) is 11.8 Å². The van der Waals surface area contributed by atoms with Crippen LogP contribution in [0.3, 0.4) is 0 Å². The van der Waals surface area contributed by atoms with Crippen molar-refractivity contribution in [2.75, 3.05) is 51.8 Å². The summed E-state index contributed by atoms with van der Waals surface area (Å²) in [5.41, 5.74) is 2.29. The van der Waals surface area contributed by atoms with E-state index in [2.05, 4.69) is 16.8 Å². The van der Waals surface area contributed by atoms with Crippen LogP contribution in [0.15, 0.2) is 42.5 Å². The van der Waals surface area contributed by atoms with Crippen LogP contribution in [0.4, 0.5) is 11.6 Å². The van der Waals surface area contributed by atoms with Crippen molar-refractivity contribution in [3.8, 4) is 17.4 Å². The van der Waals surface area contributed by atoms with Crippen molar-refractivity contribution in [2.24, 2.45) is 0 Å².